The van der Waals surface area contributed by atoms with E-state index >= 15 is 0 Å². The van der Waals surface area contributed by atoms with Gasteiger partial charge in [-0.25, -0.2) is 9.97 Å². The van der Waals surface area contributed by atoms with E-state index in [2.05, 4.69) is 32.1 Å². The Labute approximate surface area is 166 Å². The molecule has 3 heterocycles. The molecule has 1 aliphatic heterocycles. The average molecular weight is 386 g/mol. The molecule has 28 heavy (non-hydrogen) atoms. The molecule has 1 fully saturated rings. The highest BCUT2D eigenvalue weighted by Gasteiger charge is 2.27. The van der Waals surface area contributed by atoms with Crippen molar-refractivity contribution in [1.82, 2.24) is 24.8 Å². The highest BCUT2D eigenvalue weighted by molar-refractivity contribution is 5.77. The fourth-order valence-electron chi connectivity index (χ4n) is 3.68. The molecule has 0 aliphatic carbocycles. The van der Waals surface area contributed by atoms with Crippen molar-refractivity contribution >= 4 is 11.7 Å². The number of hydrogen-bond donors (Lipinski definition) is 2. The van der Waals surface area contributed by atoms with Crippen LogP contribution in [0.25, 0.3) is 5.95 Å². The Kier molecular flexibility index (Phi) is 7.36. The molecule has 0 spiro atoms. The van der Waals surface area contributed by atoms with Crippen LogP contribution in [0.3, 0.4) is 0 Å². The summed E-state index contributed by atoms with van der Waals surface area (Å²) in [5.74, 6) is 1.40. The summed E-state index contributed by atoms with van der Waals surface area (Å²) in [6, 6.07) is 1.84. The minimum Gasteiger partial charge on any atom is -0.394 e. The minimum absolute atomic E-state index is 0.00376. The lowest BCUT2D eigenvalue weighted by Gasteiger charge is -2.36. The molecule has 1 aliphatic rings. The molecule has 2 aromatic heterocycles. The van der Waals surface area contributed by atoms with Gasteiger partial charge in [0.05, 0.1) is 12.6 Å². The van der Waals surface area contributed by atoms with E-state index in [0.717, 1.165) is 50.9 Å². The third kappa shape index (κ3) is 5.28. The molecule has 2 aromatic rings. The van der Waals surface area contributed by atoms with Crippen molar-refractivity contribution in [2.24, 2.45) is 0 Å². The molecule has 1 saturated heterocycles. The van der Waals surface area contributed by atoms with Crippen molar-refractivity contribution in [1.29, 1.82) is 0 Å². The second-order valence-corrected chi connectivity index (χ2v) is 7.32. The Hall–Kier alpha value is -2.48. The standard InChI is InChI=1S/C20H30N6O2/c1-2-3-6-16(14-27)23-19(28)13-17-7-4-5-11-26(17)18-8-9-22-20(24-18)25-12-10-21-15-25/h8-10,12,15-17,27H,2-7,11,13-14H2,1H3,(H,23,28). The predicted octanol–water partition coefficient (Wildman–Crippen LogP) is 2.08. The lowest BCUT2D eigenvalue weighted by molar-refractivity contribution is -0.122. The number of rotatable bonds is 9. The Morgan fingerprint density at radius 1 is 1.39 bits per heavy atom. The second-order valence-electron chi connectivity index (χ2n) is 7.32. The van der Waals surface area contributed by atoms with Gasteiger partial charge in [-0.15, -0.1) is 0 Å². The van der Waals surface area contributed by atoms with E-state index in [4.69, 9.17) is 0 Å². The first-order valence-corrected chi connectivity index (χ1v) is 10.2. The smallest absolute Gasteiger partial charge is 0.236 e. The van der Waals surface area contributed by atoms with Crippen LogP contribution in [0.15, 0.2) is 31.0 Å². The van der Waals surface area contributed by atoms with E-state index in [1.165, 1.54) is 0 Å². The van der Waals surface area contributed by atoms with Crippen LogP contribution >= 0.6 is 0 Å². The Balaban J connectivity index is 1.67. The van der Waals surface area contributed by atoms with E-state index in [9.17, 15) is 9.90 Å². The van der Waals surface area contributed by atoms with Gasteiger partial charge in [0, 0.05) is 37.6 Å². The molecular weight excluding hydrogens is 356 g/mol. The fraction of sp³-hybridized carbons (Fsp3) is 0.600. The number of unbranched alkanes of at least 4 members (excludes halogenated alkanes) is 1. The number of hydrogen-bond acceptors (Lipinski definition) is 6. The normalized spacial score (nSPS) is 18.1. The first-order chi connectivity index (χ1) is 13.7. The molecule has 2 unspecified atom stereocenters. The van der Waals surface area contributed by atoms with E-state index in [1.807, 2.05) is 12.3 Å². The van der Waals surface area contributed by atoms with E-state index in [1.54, 1.807) is 23.3 Å². The summed E-state index contributed by atoms with van der Waals surface area (Å²) >= 11 is 0. The summed E-state index contributed by atoms with van der Waals surface area (Å²) in [5, 5.41) is 12.5. The maximum atomic E-state index is 12.6. The van der Waals surface area contributed by atoms with E-state index < -0.39 is 0 Å². The maximum absolute atomic E-state index is 12.6. The van der Waals surface area contributed by atoms with Crippen molar-refractivity contribution in [2.75, 3.05) is 18.1 Å². The van der Waals surface area contributed by atoms with Crippen LogP contribution in [0.5, 0.6) is 0 Å². The van der Waals surface area contributed by atoms with E-state index in [0.29, 0.717) is 12.4 Å². The van der Waals surface area contributed by atoms with Gasteiger partial charge in [0.1, 0.15) is 12.1 Å². The molecule has 0 bridgehead atoms. The zero-order valence-electron chi connectivity index (χ0n) is 16.5. The zero-order valence-corrected chi connectivity index (χ0v) is 16.5. The van der Waals surface area contributed by atoms with Crippen LogP contribution in [0.1, 0.15) is 51.9 Å². The molecule has 0 saturated carbocycles. The molecule has 0 aromatic carbocycles. The quantitative estimate of drug-likeness (QED) is 0.685. The number of carbonyl (C=O) groups excluding carboxylic acids is 1. The topological polar surface area (TPSA) is 96.2 Å². The number of aliphatic hydroxyl groups is 1. The number of piperidine rings is 1. The van der Waals surface area contributed by atoms with Crippen LogP contribution in [0.2, 0.25) is 0 Å². The summed E-state index contributed by atoms with van der Waals surface area (Å²) in [4.78, 5) is 27.8. The van der Waals surface area contributed by atoms with Gasteiger partial charge in [-0.3, -0.25) is 9.36 Å². The van der Waals surface area contributed by atoms with Crippen LogP contribution < -0.4 is 10.2 Å². The Bertz CT molecular complexity index is 736. The SMILES string of the molecule is CCCCC(CO)NC(=O)CC1CCCCN1c1ccnc(-n2ccnc2)n1. The van der Waals surface area contributed by atoms with Crippen LogP contribution in [0.4, 0.5) is 5.82 Å². The Morgan fingerprint density at radius 3 is 3.04 bits per heavy atom. The molecule has 8 heteroatoms. The number of aliphatic hydroxyl groups excluding tert-OH is 1. The molecule has 152 valence electrons. The molecule has 8 nitrogen and oxygen atoms in total. The largest absolute Gasteiger partial charge is 0.394 e. The summed E-state index contributed by atoms with van der Waals surface area (Å²) in [6.45, 7) is 2.97. The molecule has 2 N–H and O–H groups in total. The molecule has 1 amide bonds. The number of nitrogens with zero attached hydrogens (tertiary/aromatic N) is 5. The van der Waals surface area contributed by atoms with Crippen molar-refractivity contribution in [3.05, 3.63) is 31.0 Å². The Morgan fingerprint density at radius 2 is 2.29 bits per heavy atom. The minimum atomic E-state index is -0.156. The lowest BCUT2D eigenvalue weighted by atomic mass is 9.98. The first-order valence-electron chi connectivity index (χ1n) is 10.2. The monoisotopic (exact) mass is 386 g/mol. The van der Waals surface area contributed by atoms with Gasteiger partial charge in [-0.1, -0.05) is 19.8 Å². The van der Waals surface area contributed by atoms with Crippen molar-refractivity contribution in [3.63, 3.8) is 0 Å². The van der Waals surface area contributed by atoms with Crippen molar-refractivity contribution < 1.29 is 9.90 Å². The summed E-state index contributed by atoms with van der Waals surface area (Å²) in [6.07, 6.45) is 13.3. The van der Waals surface area contributed by atoms with Crippen LogP contribution in [-0.4, -0.2) is 55.8 Å². The number of aromatic nitrogens is 4. The predicted molar refractivity (Wildman–Crippen MR) is 107 cm³/mol. The van der Waals surface area contributed by atoms with Crippen LogP contribution in [0, 0.1) is 0 Å². The summed E-state index contributed by atoms with van der Waals surface area (Å²) in [5.41, 5.74) is 0. The second kappa shape index (κ2) is 10.2. The average Bonchev–Trinajstić information content (AvgIpc) is 3.26. The number of nitrogens with one attached hydrogen (secondary N) is 1. The molecular formula is C20H30N6O2. The summed E-state index contributed by atoms with van der Waals surface area (Å²) in [7, 11) is 0. The molecule has 2 atom stereocenters. The summed E-state index contributed by atoms with van der Waals surface area (Å²) < 4.78 is 1.77. The number of carbonyl (C=O) groups is 1. The van der Waals surface area contributed by atoms with Gasteiger partial charge in [0.2, 0.25) is 11.9 Å². The maximum Gasteiger partial charge on any atom is 0.236 e. The lowest BCUT2D eigenvalue weighted by Crippen LogP contribution is -2.45. The number of imidazole rings is 1. The van der Waals surface area contributed by atoms with Crippen molar-refractivity contribution in [2.45, 2.75) is 64.0 Å². The highest BCUT2D eigenvalue weighted by atomic mass is 16.3. The van der Waals surface area contributed by atoms with E-state index in [-0.39, 0.29) is 24.6 Å². The first kappa shape index (κ1) is 20.3. The van der Waals surface area contributed by atoms with Gasteiger partial charge >= 0.3 is 0 Å². The third-order valence-electron chi connectivity index (χ3n) is 5.20. The van der Waals surface area contributed by atoms with Gasteiger partial charge in [-0.2, -0.15) is 4.98 Å². The van der Waals surface area contributed by atoms with Crippen LogP contribution in [-0.2, 0) is 4.79 Å². The molecule has 3 rings (SSSR count). The highest BCUT2D eigenvalue weighted by Crippen LogP contribution is 2.25. The van der Waals surface area contributed by atoms with Gasteiger partial charge in [0.25, 0.3) is 0 Å². The molecule has 0 radical (unpaired) electrons. The van der Waals surface area contributed by atoms with Gasteiger partial charge in [-0.05, 0) is 31.7 Å². The fourth-order valence-corrected chi connectivity index (χ4v) is 3.68. The van der Waals surface area contributed by atoms with Gasteiger partial charge in [0.15, 0.2) is 0 Å². The zero-order chi connectivity index (χ0) is 19.8. The van der Waals surface area contributed by atoms with Crippen molar-refractivity contribution in [3.8, 4) is 5.95 Å². The number of amides is 1. The third-order valence-corrected chi connectivity index (χ3v) is 5.20. The number of anilines is 1. The van der Waals surface area contributed by atoms with Gasteiger partial charge < -0.3 is 15.3 Å².